The van der Waals surface area contributed by atoms with Crippen LogP contribution >= 0.6 is 0 Å². The largest absolute Gasteiger partial charge is 0.494 e. The second kappa shape index (κ2) is 5.86. The molecule has 0 heterocycles. The first-order chi connectivity index (χ1) is 9.46. The van der Waals surface area contributed by atoms with E-state index in [9.17, 15) is 4.79 Å². The van der Waals surface area contributed by atoms with Crippen molar-refractivity contribution in [2.45, 2.75) is 46.0 Å². The highest BCUT2D eigenvalue weighted by Crippen LogP contribution is 2.65. The maximum atomic E-state index is 10.9. The van der Waals surface area contributed by atoms with Gasteiger partial charge in [-0.1, -0.05) is 39.3 Å². The summed E-state index contributed by atoms with van der Waals surface area (Å²) in [4.78, 5) is 10.9. The molecule has 0 amide bonds. The molecule has 0 radical (unpaired) electrons. The Labute approximate surface area is 121 Å². The molecule has 1 fully saturated rings. The maximum Gasteiger partial charge on any atom is 0.303 e. The Hall–Kier alpha value is -1.51. The number of carbonyl (C=O) groups is 1. The Morgan fingerprint density at radius 1 is 1.30 bits per heavy atom. The van der Waals surface area contributed by atoms with Crippen LogP contribution in [-0.2, 0) is 4.79 Å². The molecule has 2 atom stereocenters. The molecule has 0 bridgehead atoms. The first-order valence-electron chi connectivity index (χ1n) is 7.41. The third-order valence-corrected chi connectivity index (χ3v) is 4.45. The van der Waals surface area contributed by atoms with Crippen molar-refractivity contribution < 1.29 is 14.6 Å². The van der Waals surface area contributed by atoms with Crippen molar-refractivity contribution in [2.75, 3.05) is 6.61 Å². The van der Waals surface area contributed by atoms with Gasteiger partial charge in [0.1, 0.15) is 5.75 Å². The molecule has 3 heteroatoms. The van der Waals surface area contributed by atoms with Gasteiger partial charge in [-0.2, -0.15) is 0 Å². The number of benzene rings is 1. The third-order valence-electron chi connectivity index (χ3n) is 4.45. The molecule has 1 aliphatic rings. The van der Waals surface area contributed by atoms with Crippen LogP contribution in [0.25, 0.3) is 0 Å². The second-order valence-corrected chi connectivity index (χ2v) is 6.27. The summed E-state index contributed by atoms with van der Waals surface area (Å²) in [5.74, 6) is 0.788. The number of aliphatic carboxylic acids is 1. The van der Waals surface area contributed by atoms with Crippen molar-refractivity contribution in [3.05, 3.63) is 29.8 Å². The van der Waals surface area contributed by atoms with E-state index in [4.69, 9.17) is 9.84 Å². The van der Waals surface area contributed by atoms with E-state index in [1.165, 1.54) is 5.56 Å². The maximum absolute atomic E-state index is 10.9. The van der Waals surface area contributed by atoms with E-state index in [-0.39, 0.29) is 17.8 Å². The molecule has 1 aliphatic carbocycles. The number of ether oxygens (including phenoxy) is 1. The zero-order chi connectivity index (χ0) is 14.8. The van der Waals surface area contributed by atoms with Gasteiger partial charge in [0, 0.05) is 6.42 Å². The van der Waals surface area contributed by atoms with Gasteiger partial charge in [-0.25, -0.2) is 0 Å². The van der Waals surface area contributed by atoms with Gasteiger partial charge in [0.15, 0.2) is 0 Å². The van der Waals surface area contributed by atoms with E-state index in [0.717, 1.165) is 25.2 Å². The van der Waals surface area contributed by atoms with E-state index in [1.807, 2.05) is 12.1 Å². The van der Waals surface area contributed by atoms with Gasteiger partial charge in [0.05, 0.1) is 6.61 Å². The quantitative estimate of drug-likeness (QED) is 0.763. The average Bonchev–Trinajstić information content (AvgIpc) is 2.91. The van der Waals surface area contributed by atoms with Crippen LogP contribution in [0.3, 0.4) is 0 Å². The lowest BCUT2D eigenvalue weighted by molar-refractivity contribution is -0.137. The Balaban J connectivity index is 1.98. The molecule has 0 aromatic heterocycles. The topological polar surface area (TPSA) is 46.5 Å². The van der Waals surface area contributed by atoms with E-state index in [2.05, 4.69) is 32.9 Å². The number of hydrogen-bond donors (Lipinski definition) is 1. The summed E-state index contributed by atoms with van der Waals surface area (Å²) < 4.78 is 5.65. The summed E-state index contributed by atoms with van der Waals surface area (Å²) in [6.07, 6.45) is 2.45. The van der Waals surface area contributed by atoms with Crippen LogP contribution in [0.2, 0.25) is 0 Å². The lowest BCUT2D eigenvalue weighted by atomic mass is 10.0. The predicted octanol–water partition coefficient (Wildman–Crippen LogP) is 4.08. The number of unbranched alkanes of at least 4 members (excludes halogenated alkanes) is 1. The minimum atomic E-state index is -0.704. The van der Waals surface area contributed by atoms with E-state index < -0.39 is 5.97 Å². The van der Waals surface area contributed by atoms with Crippen LogP contribution in [0.5, 0.6) is 5.75 Å². The zero-order valence-electron chi connectivity index (χ0n) is 12.6. The molecule has 2 rings (SSSR count). The lowest BCUT2D eigenvalue weighted by Gasteiger charge is -2.07. The zero-order valence-corrected chi connectivity index (χ0v) is 12.6. The van der Waals surface area contributed by atoms with Crippen molar-refractivity contribution >= 4 is 5.97 Å². The second-order valence-electron chi connectivity index (χ2n) is 6.27. The molecule has 2 unspecified atom stereocenters. The van der Waals surface area contributed by atoms with Crippen molar-refractivity contribution in [1.82, 2.24) is 0 Å². The molecule has 1 N–H and O–H groups in total. The molecule has 1 aromatic rings. The summed E-state index contributed by atoms with van der Waals surface area (Å²) in [5, 5.41) is 8.97. The average molecular weight is 276 g/mol. The summed E-state index contributed by atoms with van der Waals surface area (Å²) in [6.45, 7) is 7.20. The third kappa shape index (κ3) is 3.14. The molecule has 1 saturated carbocycles. The van der Waals surface area contributed by atoms with E-state index in [1.54, 1.807) is 0 Å². The minimum absolute atomic E-state index is 0.0863. The highest BCUT2D eigenvalue weighted by Gasteiger charge is 2.58. The Morgan fingerprint density at radius 2 is 1.95 bits per heavy atom. The molecular weight excluding hydrogens is 252 g/mol. The summed E-state index contributed by atoms with van der Waals surface area (Å²) >= 11 is 0. The Morgan fingerprint density at radius 3 is 2.50 bits per heavy atom. The van der Waals surface area contributed by atoms with E-state index in [0.29, 0.717) is 5.92 Å². The van der Waals surface area contributed by atoms with Crippen molar-refractivity contribution in [3.8, 4) is 5.75 Å². The van der Waals surface area contributed by atoms with Crippen molar-refractivity contribution in [2.24, 2.45) is 11.3 Å². The SMILES string of the molecule is CCCCOc1ccc(C2C(CC(=O)O)C2(C)C)cc1. The predicted molar refractivity (Wildman–Crippen MR) is 79.1 cm³/mol. The van der Waals surface area contributed by atoms with Crippen LogP contribution in [0.1, 0.15) is 51.5 Å². The Kier molecular flexibility index (Phi) is 4.36. The van der Waals surface area contributed by atoms with Gasteiger partial charge >= 0.3 is 5.97 Å². The molecule has 0 spiro atoms. The summed E-state index contributed by atoms with van der Waals surface area (Å²) in [7, 11) is 0. The highest BCUT2D eigenvalue weighted by atomic mass is 16.5. The molecule has 0 aliphatic heterocycles. The molecule has 20 heavy (non-hydrogen) atoms. The minimum Gasteiger partial charge on any atom is -0.494 e. The first-order valence-corrected chi connectivity index (χ1v) is 7.41. The number of carboxylic acid groups (broad SMARTS) is 1. The van der Waals surface area contributed by atoms with Gasteiger partial charge < -0.3 is 9.84 Å². The first kappa shape index (κ1) is 14.9. The number of rotatable bonds is 7. The molecule has 1 aromatic carbocycles. The fraction of sp³-hybridized carbons (Fsp3) is 0.588. The number of hydrogen-bond acceptors (Lipinski definition) is 2. The smallest absolute Gasteiger partial charge is 0.303 e. The molecule has 0 saturated heterocycles. The van der Waals surface area contributed by atoms with Gasteiger partial charge in [0.2, 0.25) is 0 Å². The fourth-order valence-corrected chi connectivity index (χ4v) is 3.08. The normalized spacial score (nSPS) is 23.4. The Bertz CT molecular complexity index is 462. The van der Waals surface area contributed by atoms with Gasteiger partial charge in [-0.05, 0) is 41.4 Å². The van der Waals surface area contributed by atoms with Crippen LogP contribution in [0.4, 0.5) is 0 Å². The van der Waals surface area contributed by atoms with Crippen LogP contribution < -0.4 is 4.74 Å². The molecule has 3 nitrogen and oxygen atoms in total. The monoisotopic (exact) mass is 276 g/mol. The molecular formula is C17H24O3. The highest BCUT2D eigenvalue weighted by molar-refractivity contribution is 5.68. The van der Waals surface area contributed by atoms with Crippen LogP contribution in [0, 0.1) is 11.3 Å². The van der Waals surface area contributed by atoms with Crippen LogP contribution in [0.15, 0.2) is 24.3 Å². The van der Waals surface area contributed by atoms with E-state index >= 15 is 0 Å². The van der Waals surface area contributed by atoms with Crippen molar-refractivity contribution in [1.29, 1.82) is 0 Å². The molecule has 110 valence electrons. The standard InChI is InChI=1S/C17H24O3/c1-4-5-10-20-13-8-6-12(7-9-13)16-14(11-15(18)19)17(16,2)3/h6-9,14,16H,4-5,10-11H2,1-3H3,(H,18,19). The summed E-state index contributed by atoms with van der Waals surface area (Å²) in [6, 6.07) is 8.15. The number of carboxylic acids is 1. The fourth-order valence-electron chi connectivity index (χ4n) is 3.08. The van der Waals surface area contributed by atoms with Gasteiger partial charge in [-0.15, -0.1) is 0 Å². The van der Waals surface area contributed by atoms with Gasteiger partial charge in [-0.3, -0.25) is 4.79 Å². The lowest BCUT2D eigenvalue weighted by Crippen LogP contribution is -1.99. The van der Waals surface area contributed by atoms with Gasteiger partial charge in [0.25, 0.3) is 0 Å². The summed E-state index contributed by atoms with van der Waals surface area (Å²) in [5.41, 5.74) is 1.31. The van der Waals surface area contributed by atoms with Crippen molar-refractivity contribution in [3.63, 3.8) is 0 Å². The van der Waals surface area contributed by atoms with Crippen LogP contribution in [-0.4, -0.2) is 17.7 Å².